The van der Waals surface area contributed by atoms with Crippen LogP contribution in [0.25, 0.3) is 0 Å². The monoisotopic (exact) mass is 665 g/mol. The van der Waals surface area contributed by atoms with E-state index in [2.05, 4.69) is 31.3 Å². The zero-order valence-corrected chi connectivity index (χ0v) is 30.9. The second-order valence-electron chi connectivity index (χ2n) is 13.7. The summed E-state index contributed by atoms with van der Waals surface area (Å²) >= 11 is 0. The maximum Gasteiger partial charge on any atom is 0.326 e. The van der Waals surface area contributed by atoms with Gasteiger partial charge in [0, 0.05) is 12.8 Å². The fourth-order valence-electron chi connectivity index (χ4n) is 6.01. The number of unbranched alkanes of at least 4 members (excludes halogenated alkanes) is 22. The highest BCUT2D eigenvalue weighted by atomic mass is 16.5. The van der Waals surface area contributed by atoms with E-state index in [1.165, 1.54) is 116 Å². The standard InChI is InChI=1S/C40H76N2O5/c1-3-5-7-9-11-12-13-14-15-16-17-18-20-22-28-34-39(44)47-36(30-25-21-19-10-8-6-4-2)31-26-23-24-27-33-38(43)42-37(40(45)46)32-29-35-41/h25,30,36-37H,3-24,26-29,31-35,41H2,1-2H3,(H,42,43)(H,45,46)/b30-25-. The van der Waals surface area contributed by atoms with E-state index in [1.807, 2.05) is 0 Å². The zero-order valence-electron chi connectivity index (χ0n) is 30.9. The number of carboxylic acid groups (broad SMARTS) is 1. The van der Waals surface area contributed by atoms with E-state index >= 15 is 0 Å². The van der Waals surface area contributed by atoms with Crippen LogP contribution in [0.4, 0.5) is 0 Å². The summed E-state index contributed by atoms with van der Waals surface area (Å²) < 4.78 is 5.90. The topological polar surface area (TPSA) is 119 Å². The van der Waals surface area contributed by atoms with Crippen molar-refractivity contribution in [1.29, 1.82) is 0 Å². The zero-order chi connectivity index (χ0) is 34.6. The first kappa shape index (κ1) is 45.1. The molecule has 0 radical (unpaired) electrons. The Labute approximate surface area is 290 Å². The molecule has 0 aromatic rings. The quantitative estimate of drug-likeness (QED) is 0.0348. The van der Waals surface area contributed by atoms with Gasteiger partial charge in [-0.15, -0.1) is 0 Å². The van der Waals surface area contributed by atoms with E-state index in [-0.39, 0.29) is 18.0 Å². The molecule has 0 aliphatic rings. The number of esters is 1. The van der Waals surface area contributed by atoms with Crippen molar-refractivity contribution in [3.8, 4) is 0 Å². The highest BCUT2D eigenvalue weighted by Gasteiger charge is 2.19. The smallest absolute Gasteiger partial charge is 0.326 e. The Morgan fingerprint density at radius 3 is 1.60 bits per heavy atom. The molecule has 2 atom stereocenters. The van der Waals surface area contributed by atoms with Crippen LogP contribution in [-0.4, -0.2) is 41.6 Å². The SMILES string of the molecule is CCCCCCC/C=C\C(CCCCCCC(=O)NC(CCCN)C(=O)O)OC(=O)CCCCCCCCCCCCCCCCC. The molecule has 47 heavy (non-hydrogen) atoms. The molecule has 276 valence electrons. The molecule has 0 heterocycles. The summed E-state index contributed by atoms with van der Waals surface area (Å²) in [5.74, 6) is -1.32. The van der Waals surface area contributed by atoms with Crippen molar-refractivity contribution in [2.24, 2.45) is 5.73 Å². The average molecular weight is 665 g/mol. The first-order valence-electron chi connectivity index (χ1n) is 20.0. The van der Waals surface area contributed by atoms with E-state index in [4.69, 9.17) is 10.5 Å². The van der Waals surface area contributed by atoms with Gasteiger partial charge in [-0.05, 0) is 64.0 Å². The predicted molar refractivity (Wildman–Crippen MR) is 197 cm³/mol. The number of hydrogen-bond donors (Lipinski definition) is 3. The molecule has 4 N–H and O–H groups in total. The van der Waals surface area contributed by atoms with Gasteiger partial charge in [0.15, 0.2) is 0 Å². The van der Waals surface area contributed by atoms with Gasteiger partial charge in [0.2, 0.25) is 5.91 Å². The molecule has 0 aliphatic heterocycles. The molecule has 0 spiro atoms. The van der Waals surface area contributed by atoms with E-state index in [9.17, 15) is 19.5 Å². The molecule has 1 amide bonds. The Balaban J connectivity index is 4.21. The lowest BCUT2D eigenvalue weighted by Crippen LogP contribution is -2.40. The fourth-order valence-corrected chi connectivity index (χ4v) is 6.01. The molecule has 0 bridgehead atoms. The molecule has 7 nitrogen and oxygen atoms in total. The van der Waals surface area contributed by atoms with Crippen LogP contribution >= 0.6 is 0 Å². The van der Waals surface area contributed by atoms with Crippen LogP contribution in [0, 0.1) is 0 Å². The Bertz CT molecular complexity index is 757. The summed E-state index contributed by atoms with van der Waals surface area (Å²) in [4.78, 5) is 36.2. The Kier molecular flexibility index (Phi) is 34.0. The number of carbonyl (C=O) groups excluding carboxylic acids is 2. The van der Waals surface area contributed by atoms with Crippen molar-refractivity contribution in [3.05, 3.63) is 12.2 Å². The van der Waals surface area contributed by atoms with Crippen LogP contribution in [-0.2, 0) is 19.1 Å². The van der Waals surface area contributed by atoms with Crippen LogP contribution in [0.3, 0.4) is 0 Å². The molecule has 0 aromatic heterocycles. The summed E-state index contributed by atoms with van der Waals surface area (Å²) in [5, 5.41) is 11.9. The van der Waals surface area contributed by atoms with Crippen molar-refractivity contribution in [3.63, 3.8) is 0 Å². The van der Waals surface area contributed by atoms with Crippen LogP contribution < -0.4 is 11.1 Å². The van der Waals surface area contributed by atoms with E-state index in [1.54, 1.807) is 0 Å². The molecular formula is C40H76N2O5. The van der Waals surface area contributed by atoms with Crippen LogP contribution in [0.15, 0.2) is 12.2 Å². The first-order chi connectivity index (χ1) is 22.9. The number of ether oxygens (including phenoxy) is 1. The Morgan fingerprint density at radius 2 is 1.09 bits per heavy atom. The third-order valence-corrected chi connectivity index (χ3v) is 9.07. The number of nitrogens with one attached hydrogen (secondary N) is 1. The average Bonchev–Trinajstić information content (AvgIpc) is 3.05. The molecule has 0 aliphatic carbocycles. The van der Waals surface area contributed by atoms with Crippen molar-refractivity contribution in [1.82, 2.24) is 5.32 Å². The number of amides is 1. The Hall–Kier alpha value is -1.89. The van der Waals surface area contributed by atoms with Crippen molar-refractivity contribution >= 4 is 17.8 Å². The number of carbonyl (C=O) groups is 3. The summed E-state index contributed by atoms with van der Waals surface area (Å²) in [6.07, 6.45) is 37.0. The molecule has 0 saturated carbocycles. The van der Waals surface area contributed by atoms with Crippen molar-refractivity contribution < 1.29 is 24.2 Å². The van der Waals surface area contributed by atoms with Gasteiger partial charge in [0.05, 0.1) is 0 Å². The van der Waals surface area contributed by atoms with Crippen LogP contribution in [0.2, 0.25) is 0 Å². The van der Waals surface area contributed by atoms with Gasteiger partial charge in [-0.1, -0.05) is 148 Å². The fraction of sp³-hybridized carbons (Fsp3) is 0.875. The second kappa shape index (κ2) is 35.4. The molecule has 0 fully saturated rings. The lowest BCUT2D eigenvalue weighted by atomic mass is 10.0. The minimum Gasteiger partial charge on any atom is -0.480 e. The molecular weight excluding hydrogens is 588 g/mol. The number of nitrogens with two attached hydrogens (primary N) is 1. The second-order valence-corrected chi connectivity index (χ2v) is 13.7. The third kappa shape index (κ3) is 32.4. The first-order valence-corrected chi connectivity index (χ1v) is 20.0. The minimum absolute atomic E-state index is 0.0865. The number of aliphatic carboxylic acids is 1. The highest BCUT2D eigenvalue weighted by Crippen LogP contribution is 2.16. The molecule has 0 aromatic carbocycles. The van der Waals surface area contributed by atoms with E-state index in [0.29, 0.717) is 38.6 Å². The lowest BCUT2D eigenvalue weighted by Gasteiger charge is -2.15. The normalized spacial score (nSPS) is 12.7. The largest absolute Gasteiger partial charge is 0.480 e. The summed E-state index contributed by atoms with van der Waals surface area (Å²) in [6, 6.07) is -0.866. The Morgan fingerprint density at radius 1 is 0.617 bits per heavy atom. The third-order valence-electron chi connectivity index (χ3n) is 9.07. The minimum atomic E-state index is -1.01. The van der Waals surface area contributed by atoms with Gasteiger partial charge < -0.3 is 20.9 Å². The molecule has 2 unspecified atom stereocenters. The lowest BCUT2D eigenvalue weighted by molar-refractivity contribution is -0.147. The number of allylic oxidation sites excluding steroid dienone is 1. The number of hydrogen-bond acceptors (Lipinski definition) is 5. The van der Waals surface area contributed by atoms with E-state index < -0.39 is 12.0 Å². The van der Waals surface area contributed by atoms with Gasteiger partial charge in [-0.3, -0.25) is 9.59 Å². The number of rotatable bonds is 36. The summed E-state index contributed by atoms with van der Waals surface area (Å²) in [5.41, 5.74) is 5.47. The van der Waals surface area contributed by atoms with Gasteiger partial charge in [0.1, 0.15) is 12.1 Å². The summed E-state index contributed by atoms with van der Waals surface area (Å²) in [6.45, 7) is 4.91. The highest BCUT2D eigenvalue weighted by molar-refractivity contribution is 5.83. The molecule has 0 saturated heterocycles. The predicted octanol–water partition coefficient (Wildman–Crippen LogP) is 10.7. The van der Waals surface area contributed by atoms with Crippen molar-refractivity contribution in [2.45, 2.75) is 219 Å². The van der Waals surface area contributed by atoms with Crippen LogP contribution in [0.1, 0.15) is 206 Å². The van der Waals surface area contributed by atoms with Gasteiger partial charge in [-0.25, -0.2) is 4.79 Å². The van der Waals surface area contributed by atoms with Gasteiger partial charge in [0.25, 0.3) is 0 Å². The van der Waals surface area contributed by atoms with Crippen LogP contribution in [0.5, 0.6) is 0 Å². The maximum absolute atomic E-state index is 12.7. The number of carboxylic acids is 1. The molecule has 0 rings (SSSR count). The van der Waals surface area contributed by atoms with Crippen molar-refractivity contribution in [2.75, 3.05) is 6.54 Å². The maximum atomic E-state index is 12.7. The van der Waals surface area contributed by atoms with Gasteiger partial charge in [-0.2, -0.15) is 0 Å². The molecule has 7 heteroatoms. The summed E-state index contributed by atoms with van der Waals surface area (Å²) in [7, 11) is 0. The van der Waals surface area contributed by atoms with E-state index in [0.717, 1.165) is 44.9 Å². The van der Waals surface area contributed by atoms with Gasteiger partial charge >= 0.3 is 11.9 Å².